The highest BCUT2D eigenvalue weighted by atomic mass is 16.1. The molecule has 0 saturated heterocycles. The van der Waals surface area contributed by atoms with E-state index in [0.29, 0.717) is 17.4 Å². The van der Waals surface area contributed by atoms with Crippen LogP contribution in [-0.2, 0) is 0 Å². The van der Waals surface area contributed by atoms with Crippen LogP contribution in [0.1, 0.15) is 42.1 Å². The van der Waals surface area contributed by atoms with Crippen LogP contribution in [0.2, 0.25) is 0 Å². The number of anilines is 1. The minimum absolute atomic E-state index is 0.0349. The molecule has 2 unspecified atom stereocenters. The van der Waals surface area contributed by atoms with Crippen molar-refractivity contribution in [3.63, 3.8) is 0 Å². The normalized spacial score (nSPS) is 18.9. The Morgan fingerprint density at radius 1 is 1.17 bits per heavy atom. The molecule has 126 valence electrons. The highest BCUT2D eigenvalue weighted by Gasteiger charge is 2.38. The number of carbonyl (C=O) groups excluding carboxylic acids is 1. The maximum absolute atomic E-state index is 12.3. The predicted molar refractivity (Wildman–Crippen MR) is 97.4 cm³/mol. The van der Waals surface area contributed by atoms with E-state index in [1.807, 2.05) is 18.2 Å². The minimum Gasteiger partial charge on any atom is -0.357 e. The molecule has 0 bridgehead atoms. The third-order valence-electron chi connectivity index (χ3n) is 4.77. The lowest BCUT2D eigenvalue weighted by Gasteiger charge is -2.19. The van der Waals surface area contributed by atoms with Crippen molar-refractivity contribution in [1.29, 1.82) is 0 Å². The van der Waals surface area contributed by atoms with Crippen LogP contribution in [0.15, 0.2) is 48.7 Å². The van der Waals surface area contributed by atoms with Gasteiger partial charge in [-0.2, -0.15) is 0 Å². The number of hydrogen-bond donors (Lipinski definition) is 1. The van der Waals surface area contributed by atoms with Gasteiger partial charge in [0.15, 0.2) is 0 Å². The molecule has 4 heteroatoms. The van der Waals surface area contributed by atoms with Crippen LogP contribution in [0, 0.1) is 5.92 Å². The summed E-state index contributed by atoms with van der Waals surface area (Å²) in [4.78, 5) is 18.9. The molecule has 2 atom stereocenters. The standard InChI is InChI=1S/C20H25N3O/c1-3-23(4-2)19-11-10-16(13-21-19)20(24)22-14-17-12-18(17)15-8-6-5-7-9-15/h5-11,13,17-18H,3-4,12,14H2,1-2H3,(H,22,24). The van der Waals surface area contributed by atoms with Gasteiger partial charge in [-0.25, -0.2) is 4.98 Å². The van der Waals surface area contributed by atoms with Crippen molar-refractivity contribution in [2.45, 2.75) is 26.2 Å². The van der Waals surface area contributed by atoms with Crippen LogP contribution >= 0.6 is 0 Å². The summed E-state index contributed by atoms with van der Waals surface area (Å²) in [6.07, 6.45) is 2.83. The monoisotopic (exact) mass is 323 g/mol. The summed E-state index contributed by atoms with van der Waals surface area (Å²) in [5.74, 6) is 2.03. The number of carbonyl (C=O) groups is 1. The summed E-state index contributed by atoms with van der Waals surface area (Å²) in [7, 11) is 0. The van der Waals surface area contributed by atoms with E-state index < -0.39 is 0 Å². The first-order valence-corrected chi connectivity index (χ1v) is 8.77. The van der Waals surface area contributed by atoms with Crippen LogP contribution in [0.25, 0.3) is 0 Å². The van der Waals surface area contributed by atoms with Crippen molar-refractivity contribution in [2.75, 3.05) is 24.5 Å². The molecule has 1 heterocycles. The lowest BCUT2D eigenvalue weighted by Crippen LogP contribution is -2.27. The zero-order valence-corrected chi connectivity index (χ0v) is 14.4. The maximum atomic E-state index is 12.3. The zero-order chi connectivity index (χ0) is 16.9. The number of hydrogen-bond acceptors (Lipinski definition) is 3. The highest BCUT2D eigenvalue weighted by molar-refractivity contribution is 5.94. The van der Waals surface area contributed by atoms with E-state index in [9.17, 15) is 4.79 Å². The molecule has 1 aromatic heterocycles. The molecule has 1 fully saturated rings. The molecule has 1 aromatic carbocycles. The van der Waals surface area contributed by atoms with Crippen LogP contribution in [0.5, 0.6) is 0 Å². The van der Waals surface area contributed by atoms with Crippen LogP contribution in [0.3, 0.4) is 0 Å². The molecule has 0 aliphatic heterocycles. The van der Waals surface area contributed by atoms with Gasteiger partial charge in [-0.05, 0) is 49.8 Å². The van der Waals surface area contributed by atoms with Gasteiger partial charge < -0.3 is 10.2 Å². The van der Waals surface area contributed by atoms with Gasteiger partial charge >= 0.3 is 0 Å². The van der Waals surface area contributed by atoms with Gasteiger partial charge in [0, 0.05) is 25.8 Å². The number of aromatic nitrogens is 1. The number of nitrogens with one attached hydrogen (secondary N) is 1. The number of amides is 1. The summed E-state index contributed by atoms with van der Waals surface area (Å²) >= 11 is 0. The van der Waals surface area contributed by atoms with Gasteiger partial charge in [-0.15, -0.1) is 0 Å². The second-order valence-electron chi connectivity index (χ2n) is 6.30. The predicted octanol–water partition coefficient (Wildman–Crippen LogP) is 3.46. The van der Waals surface area contributed by atoms with E-state index in [4.69, 9.17) is 0 Å². The van der Waals surface area contributed by atoms with Crippen LogP contribution in [0.4, 0.5) is 5.82 Å². The molecule has 0 radical (unpaired) electrons. The minimum atomic E-state index is -0.0349. The summed E-state index contributed by atoms with van der Waals surface area (Å²) in [5, 5.41) is 3.04. The van der Waals surface area contributed by atoms with Gasteiger partial charge in [0.2, 0.25) is 0 Å². The molecular formula is C20H25N3O. The quantitative estimate of drug-likeness (QED) is 0.849. The number of rotatable bonds is 7. The fourth-order valence-corrected chi connectivity index (χ4v) is 3.16. The van der Waals surface area contributed by atoms with Crippen molar-refractivity contribution >= 4 is 11.7 Å². The summed E-state index contributed by atoms with van der Waals surface area (Å²) in [5.41, 5.74) is 2.00. The van der Waals surface area contributed by atoms with Gasteiger partial charge in [0.25, 0.3) is 5.91 Å². The van der Waals surface area contributed by atoms with Crippen LogP contribution < -0.4 is 10.2 Å². The third-order valence-corrected chi connectivity index (χ3v) is 4.77. The van der Waals surface area contributed by atoms with E-state index in [2.05, 4.69) is 53.3 Å². The topological polar surface area (TPSA) is 45.2 Å². The van der Waals surface area contributed by atoms with Crippen molar-refractivity contribution in [1.82, 2.24) is 10.3 Å². The van der Waals surface area contributed by atoms with E-state index in [-0.39, 0.29) is 5.91 Å². The smallest absolute Gasteiger partial charge is 0.252 e. The number of nitrogens with zero attached hydrogens (tertiary/aromatic N) is 2. The fourth-order valence-electron chi connectivity index (χ4n) is 3.16. The summed E-state index contributed by atoms with van der Waals surface area (Å²) in [6.45, 7) is 6.76. The van der Waals surface area contributed by atoms with E-state index >= 15 is 0 Å². The Morgan fingerprint density at radius 3 is 2.54 bits per heavy atom. The second-order valence-corrected chi connectivity index (χ2v) is 6.30. The van der Waals surface area contributed by atoms with Crippen molar-refractivity contribution in [3.05, 3.63) is 59.8 Å². The number of benzene rings is 1. The molecule has 2 aromatic rings. The summed E-state index contributed by atoms with van der Waals surface area (Å²) < 4.78 is 0. The Morgan fingerprint density at radius 2 is 1.92 bits per heavy atom. The lowest BCUT2D eigenvalue weighted by atomic mass is 10.1. The average molecular weight is 323 g/mol. The fraction of sp³-hybridized carbons (Fsp3) is 0.400. The molecule has 1 amide bonds. The van der Waals surface area contributed by atoms with Crippen LogP contribution in [-0.4, -0.2) is 30.5 Å². The molecule has 1 N–H and O–H groups in total. The maximum Gasteiger partial charge on any atom is 0.252 e. The Bertz CT molecular complexity index is 665. The highest BCUT2D eigenvalue weighted by Crippen LogP contribution is 2.46. The largest absolute Gasteiger partial charge is 0.357 e. The zero-order valence-electron chi connectivity index (χ0n) is 14.4. The Labute approximate surface area is 143 Å². The first-order valence-electron chi connectivity index (χ1n) is 8.77. The van der Waals surface area contributed by atoms with Crippen molar-refractivity contribution in [2.24, 2.45) is 5.92 Å². The van der Waals surface area contributed by atoms with E-state index in [0.717, 1.165) is 31.9 Å². The number of pyridine rings is 1. The van der Waals surface area contributed by atoms with Gasteiger partial charge in [-0.3, -0.25) is 4.79 Å². The molecule has 1 aliphatic rings. The molecule has 4 nitrogen and oxygen atoms in total. The molecule has 3 rings (SSSR count). The average Bonchev–Trinajstić information content (AvgIpc) is 3.42. The third kappa shape index (κ3) is 3.75. The molecule has 0 spiro atoms. The Balaban J connectivity index is 1.51. The second kappa shape index (κ2) is 7.47. The van der Waals surface area contributed by atoms with Crippen molar-refractivity contribution < 1.29 is 4.79 Å². The van der Waals surface area contributed by atoms with Crippen molar-refractivity contribution in [3.8, 4) is 0 Å². The molecular weight excluding hydrogens is 298 g/mol. The first-order chi connectivity index (χ1) is 11.7. The molecule has 1 aliphatic carbocycles. The van der Waals surface area contributed by atoms with E-state index in [1.54, 1.807) is 6.20 Å². The Kier molecular flexibility index (Phi) is 5.14. The lowest BCUT2D eigenvalue weighted by molar-refractivity contribution is 0.0951. The van der Waals surface area contributed by atoms with Gasteiger partial charge in [0.1, 0.15) is 5.82 Å². The molecule has 1 saturated carbocycles. The first kappa shape index (κ1) is 16.5. The summed E-state index contributed by atoms with van der Waals surface area (Å²) in [6, 6.07) is 14.3. The molecule has 24 heavy (non-hydrogen) atoms. The Hall–Kier alpha value is -2.36. The SMILES string of the molecule is CCN(CC)c1ccc(C(=O)NCC2CC2c2ccccc2)cn1. The van der Waals surface area contributed by atoms with E-state index in [1.165, 1.54) is 5.56 Å². The van der Waals surface area contributed by atoms with Gasteiger partial charge in [0.05, 0.1) is 5.56 Å². The van der Waals surface area contributed by atoms with Gasteiger partial charge in [-0.1, -0.05) is 30.3 Å².